The first kappa shape index (κ1) is 29.1. The molecule has 0 spiro atoms. The molecule has 0 radical (unpaired) electrons. The zero-order valence-electron chi connectivity index (χ0n) is 22.7. The molecule has 4 N–H and O–H groups in total. The summed E-state index contributed by atoms with van der Waals surface area (Å²) in [5, 5.41) is 25.2. The predicted molar refractivity (Wildman–Crippen MR) is 152 cm³/mol. The predicted octanol–water partition coefficient (Wildman–Crippen LogP) is 5.31. The molecular weight excluding hydrogens is 528 g/mol. The normalized spacial score (nSPS) is 20.0. The minimum Gasteiger partial charge on any atom is -0.481 e. The fourth-order valence-corrected chi connectivity index (χ4v) is 5.08. The van der Waals surface area contributed by atoms with E-state index in [2.05, 4.69) is 10.6 Å². The van der Waals surface area contributed by atoms with Crippen LogP contribution in [0.2, 0.25) is 0 Å². The number of anilines is 2. The first-order chi connectivity index (χ1) is 19.6. The molecule has 41 heavy (non-hydrogen) atoms. The quantitative estimate of drug-likeness (QED) is 0.229. The summed E-state index contributed by atoms with van der Waals surface area (Å²) in [6.07, 6.45) is -0.354. The van der Waals surface area contributed by atoms with Gasteiger partial charge in [0.25, 0.3) is 0 Å². The van der Waals surface area contributed by atoms with E-state index in [1.165, 1.54) is 6.92 Å². The SMILES string of the molecule is CNc1ccc(Oc2cccc(Oc3ccc(NCC(=O)C4CC(C(C)=O)C(C(=O)O)CC4C(=O)O)cc3)c2)cc1. The second kappa shape index (κ2) is 13.0. The molecule has 1 saturated carbocycles. The smallest absolute Gasteiger partial charge is 0.307 e. The van der Waals surface area contributed by atoms with Gasteiger partial charge in [0.1, 0.15) is 28.8 Å². The second-order valence-electron chi connectivity index (χ2n) is 9.98. The highest BCUT2D eigenvalue weighted by Crippen LogP contribution is 2.40. The Bertz CT molecular complexity index is 1400. The van der Waals surface area contributed by atoms with Crippen molar-refractivity contribution in [2.45, 2.75) is 19.8 Å². The number of Topliss-reactive ketones (excluding diaryl/α,β-unsaturated/α-hetero) is 2. The Hall–Kier alpha value is -4.86. The molecule has 1 aliphatic carbocycles. The molecule has 4 rings (SSSR count). The number of carbonyl (C=O) groups excluding carboxylic acids is 2. The van der Waals surface area contributed by atoms with Crippen LogP contribution in [-0.2, 0) is 19.2 Å². The number of ketones is 2. The van der Waals surface area contributed by atoms with Crippen molar-refractivity contribution >= 4 is 34.9 Å². The van der Waals surface area contributed by atoms with Gasteiger partial charge in [-0.3, -0.25) is 19.2 Å². The minimum absolute atomic E-state index is 0.0966. The summed E-state index contributed by atoms with van der Waals surface area (Å²) >= 11 is 0. The molecule has 1 fully saturated rings. The second-order valence-corrected chi connectivity index (χ2v) is 9.98. The van der Waals surface area contributed by atoms with Gasteiger partial charge >= 0.3 is 11.9 Å². The molecule has 10 heteroatoms. The molecule has 0 aromatic heterocycles. The Morgan fingerprint density at radius 3 is 1.68 bits per heavy atom. The molecule has 0 heterocycles. The Labute approximate surface area is 237 Å². The van der Waals surface area contributed by atoms with E-state index < -0.39 is 35.6 Å². The topological polar surface area (TPSA) is 151 Å². The van der Waals surface area contributed by atoms with E-state index in [0.29, 0.717) is 28.7 Å². The number of carboxylic acids is 2. The lowest BCUT2D eigenvalue weighted by molar-refractivity contribution is -0.158. The van der Waals surface area contributed by atoms with E-state index >= 15 is 0 Å². The van der Waals surface area contributed by atoms with E-state index in [4.69, 9.17) is 9.47 Å². The van der Waals surface area contributed by atoms with Crippen molar-refractivity contribution in [1.29, 1.82) is 0 Å². The van der Waals surface area contributed by atoms with Crippen LogP contribution in [0.1, 0.15) is 19.8 Å². The largest absolute Gasteiger partial charge is 0.481 e. The van der Waals surface area contributed by atoms with E-state index in [1.54, 1.807) is 36.4 Å². The highest BCUT2D eigenvalue weighted by Gasteiger charge is 2.47. The van der Waals surface area contributed by atoms with Gasteiger partial charge in [0.05, 0.1) is 18.4 Å². The molecule has 0 bridgehead atoms. The number of carboxylic acid groups (broad SMARTS) is 2. The number of hydrogen-bond donors (Lipinski definition) is 4. The molecule has 4 unspecified atom stereocenters. The summed E-state index contributed by atoms with van der Waals surface area (Å²) in [7, 11) is 1.84. The summed E-state index contributed by atoms with van der Waals surface area (Å²) in [6, 6.07) is 21.6. The van der Waals surface area contributed by atoms with Gasteiger partial charge in [-0.05, 0) is 80.4 Å². The van der Waals surface area contributed by atoms with E-state index in [0.717, 1.165) is 5.69 Å². The Morgan fingerprint density at radius 1 is 0.707 bits per heavy atom. The maximum absolute atomic E-state index is 13.0. The monoisotopic (exact) mass is 560 g/mol. The van der Waals surface area contributed by atoms with E-state index in [-0.39, 0.29) is 31.0 Å². The van der Waals surface area contributed by atoms with Gasteiger partial charge in [-0.1, -0.05) is 6.07 Å². The summed E-state index contributed by atoms with van der Waals surface area (Å²) in [4.78, 5) is 48.5. The number of hydrogen-bond acceptors (Lipinski definition) is 8. The van der Waals surface area contributed by atoms with Crippen molar-refractivity contribution in [1.82, 2.24) is 0 Å². The molecule has 10 nitrogen and oxygen atoms in total. The molecule has 0 aliphatic heterocycles. The van der Waals surface area contributed by atoms with Crippen LogP contribution >= 0.6 is 0 Å². The minimum atomic E-state index is -1.24. The first-order valence-corrected chi connectivity index (χ1v) is 13.2. The third-order valence-electron chi connectivity index (χ3n) is 7.30. The third kappa shape index (κ3) is 7.42. The van der Waals surface area contributed by atoms with Crippen LogP contribution < -0.4 is 20.1 Å². The zero-order valence-corrected chi connectivity index (χ0v) is 22.7. The van der Waals surface area contributed by atoms with Gasteiger partial charge in [-0.2, -0.15) is 0 Å². The number of aliphatic carboxylic acids is 2. The summed E-state index contributed by atoms with van der Waals surface area (Å²) in [6.45, 7) is 1.11. The van der Waals surface area contributed by atoms with Gasteiger partial charge < -0.3 is 30.3 Å². The molecular formula is C31H32N2O8. The molecule has 214 valence electrons. The lowest BCUT2D eigenvalue weighted by atomic mass is 9.65. The molecule has 0 amide bonds. The number of rotatable bonds is 12. The van der Waals surface area contributed by atoms with Gasteiger partial charge in [0, 0.05) is 36.3 Å². The van der Waals surface area contributed by atoms with Crippen LogP contribution in [0.5, 0.6) is 23.0 Å². The summed E-state index contributed by atoms with van der Waals surface area (Å²) in [5.41, 5.74) is 1.59. The molecule has 3 aromatic rings. The number of benzene rings is 3. The lowest BCUT2D eigenvalue weighted by Gasteiger charge is -2.36. The lowest BCUT2D eigenvalue weighted by Crippen LogP contribution is -2.45. The van der Waals surface area contributed by atoms with Crippen molar-refractivity contribution in [3.8, 4) is 23.0 Å². The maximum Gasteiger partial charge on any atom is 0.307 e. The Morgan fingerprint density at radius 2 is 1.20 bits per heavy atom. The fourth-order valence-electron chi connectivity index (χ4n) is 5.08. The van der Waals surface area contributed by atoms with Gasteiger partial charge in [0.15, 0.2) is 5.78 Å². The van der Waals surface area contributed by atoms with Crippen LogP contribution in [0.3, 0.4) is 0 Å². The average molecular weight is 561 g/mol. The molecule has 0 saturated heterocycles. The highest BCUT2D eigenvalue weighted by molar-refractivity contribution is 5.92. The van der Waals surface area contributed by atoms with Crippen molar-refractivity contribution < 1.29 is 38.9 Å². The third-order valence-corrected chi connectivity index (χ3v) is 7.30. The van der Waals surface area contributed by atoms with Crippen LogP contribution in [0.4, 0.5) is 11.4 Å². The standard InChI is InChI=1S/C31H32N2O8/c1-18(34)25-15-26(28(31(38)39)16-27(25)30(36)37)29(35)17-33-20-8-12-22(13-9-20)41-24-5-3-4-23(14-24)40-21-10-6-19(32-2)7-11-21/h3-14,25-28,32-33H,15-17H2,1-2H3,(H,36,37)(H,38,39). The highest BCUT2D eigenvalue weighted by atomic mass is 16.5. The van der Waals surface area contributed by atoms with Gasteiger partial charge in [0.2, 0.25) is 0 Å². The Balaban J connectivity index is 1.35. The molecule has 1 aliphatic rings. The average Bonchev–Trinajstić information content (AvgIpc) is 2.96. The van der Waals surface area contributed by atoms with E-state index in [1.807, 2.05) is 43.4 Å². The number of ether oxygens (including phenoxy) is 2. The first-order valence-electron chi connectivity index (χ1n) is 13.2. The zero-order chi connectivity index (χ0) is 29.5. The fraction of sp³-hybridized carbons (Fsp3) is 0.290. The van der Waals surface area contributed by atoms with Crippen LogP contribution in [0.15, 0.2) is 72.8 Å². The van der Waals surface area contributed by atoms with Gasteiger partial charge in [-0.15, -0.1) is 0 Å². The molecule has 3 aromatic carbocycles. The number of carbonyl (C=O) groups is 4. The van der Waals surface area contributed by atoms with Crippen LogP contribution in [0.25, 0.3) is 0 Å². The van der Waals surface area contributed by atoms with E-state index in [9.17, 15) is 29.4 Å². The summed E-state index contributed by atoms with van der Waals surface area (Å²) in [5.74, 6) is -4.90. The van der Waals surface area contributed by atoms with Crippen LogP contribution in [-0.4, -0.2) is 47.3 Å². The molecule has 4 atom stereocenters. The van der Waals surface area contributed by atoms with Gasteiger partial charge in [-0.25, -0.2) is 0 Å². The van der Waals surface area contributed by atoms with Crippen molar-refractivity contribution in [3.05, 3.63) is 72.8 Å². The van der Waals surface area contributed by atoms with Crippen molar-refractivity contribution in [2.24, 2.45) is 23.7 Å². The van der Waals surface area contributed by atoms with Crippen LogP contribution in [0, 0.1) is 23.7 Å². The maximum atomic E-state index is 13.0. The summed E-state index contributed by atoms with van der Waals surface area (Å²) < 4.78 is 11.8. The number of nitrogens with one attached hydrogen (secondary N) is 2. The van der Waals surface area contributed by atoms with Crippen molar-refractivity contribution in [2.75, 3.05) is 24.2 Å². The van der Waals surface area contributed by atoms with Crippen molar-refractivity contribution in [3.63, 3.8) is 0 Å². The Kier molecular flexibility index (Phi) is 9.23.